The van der Waals surface area contributed by atoms with Crippen molar-refractivity contribution in [1.82, 2.24) is 10.6 Å². The van der Waals surface area contributed by atoms with Crippen molar-refractivity contribution in [2.45, 2.75) is 26.4 Å². The van der Waals surface area contributed by atoms with E-state index in [0.29, 0.717) is 38.0 Å². The minimum absolute atomic E-state index is 0.0656. The molecule has 0 radical (unpaired) electrons. The zero-order valence-electron chi connectivity index (χ0n) is 14.9. The van der Waals surface area contributed by atoms with Crippen molar-refractivity contribution in [3.05, 3.63) is 30.1 Å². The van der Waals surface area contributed by atoms with Gasteiger partial charge in [-0.25, -0.2) is 4.39 Å². The summed E-state index contributed by atoms with van der Waals surface area (Å²) >= 11 is 0. The van der Waals surface area contributed by atoms with E-state index in [9.17, 15) is 9.50 Å². The van der Waals surface area contributed by atoms with Crippen LogP contribution >= 0.6 is 0 Å². The van der Waals surface area contributed by atoms with Crippen molar-refractivity contribution in [2.24, 2.45) is 10.4 Å². The highest BCUT2D eigenvalue weighted by atomic mass is 19.1. The van der Waals surface area contributed by atoms with Gasteiger partial charge in [0.15, 0.2) is 5.96 Å². The van der Waals surface area contributed by atoms with E-state index >= 15 is 0 Å². The van der Waals surface area contributed by atoms with Gasteiger partial charge in [0.1, 0.15) is 17.7 Å². The van der Waals surface area contributed by atoms with E-state index in [0.717, 1.165) is 13.0 Å². The first-order valence-electron chi connectivity index (χ1n) is 8.74. The highest BCUT2D eigenvalue weighted by Gasteiger charge is 2.38. The molecule has 1 aliphatic rings. The Balaban J connectivity index is 1.89. The lowest BCUT2D eigenvalue weighted by Gasteiger charge is -2.38. The number of benzene rings is 1. The number of aliphatic hydroxyl groups is 1. The zero-order chi connectivity index (χ0) is 18.1. The van der Waals surface area contributed by atoms with E-state index in [1.54, 1.807) is 12.1 Å². The third kappa shape index (κ3) is 5.86. The molecule has 1 unspecified atom stereocenters. The van der Waals surface area contributed by atoms with Crippen LogP contribution in [0.25, 0.3) is 0 Å². The second-order valence-electron chi connectivity index (χ2n) is 6.33. The maximum atomic E-state index is 13.3. The first-order chi connectivity index (χ1) is 12.1. The minimum Gasteiger partial charge on any atom is -0.489 e. The van der Waals surface area contributed by atoms with Crippen molar-refractivity contribution in [2.75, 3.05) is 39.5 Å². The van der Waals surface area contributed by atoms with Gasteiger partial charge in [-0.3, -0.25) is 4.99 Å². The van der Waals surface area contributed by atoms with E-state index in [1.807, 2.05) is 13.8 Å². The molecular weight excluding hydrogens is 325 g/mol. The molecule has 0 spiro atoms. The maximum Gasteiger partial charge on any atom is 0.191 e. The van der Waals surface area contributed by atoms with Crippen LogP contribution in [0, 0.1) is 11.2 Å². The van der Waals surface area contributed by atoms with Crippen LogP contribution in [0.2, 0.25) is 0 Å². The van der Waals surface area contributed by atoms with Crippen LogP contribution in [-0.4, -0.2) is 56.6 Å². The number of halogens is 1. The number of hydrogen-bond acceptors (Lipinski definition) is 4. The topological polar surface area (TPSA) is 75.1 Å². The molecule has 1 aliphatic heterocycles. The van der Waals surface area contributed by atoms with Crippen molar-refractivity contribution in [3.63, 3.8) is 0 Å². The predicted molar refractivity (Wildman–Crippen MR) is 95.4 cm³/mol. The van der Waals surface area contributed by atoms with Gasteiger partial charge in [0.25, 0.3) is 0 Å². The molecule has 25 heavy (non-hydrogen) atoms. The summed E-state index contributed by atoms with van der Waals surface area (Å²) in [5.74, 6) is 0.872. The van der Waals surface area contributed by atoms with Gasteiger partial charge in [-0.1, -0.05) is 13.0 Å². The third-order valence-corrected chi connectivity index (χ3v) is 4.12. The summed E-state index contributed by atoms with van der Waals surface area (Å²) in [7, 11) is 0. The van der Waals surface area contributed by atoms with E-state index in [2.05, 4.69) is 15.6 Å². The Morgan fingerprint density at radius 1 is 1.40 bits per heavy atom. The van der Waals surface area contributed by atoms with Gasteiger partial charge in [0.05, 0.1) is 38.3 Å². The number of nitrogens with one attached hydrogen (secondary N) is 2. The number of guanidine groups is 1. The first kappa shape index (κ1) is 19.5. The largest absolute Gasteiger partial charge is 0.489 e. The van der Waals surface area contributed by atoms with E-state index in [4.69, 9.17) is 9.47 Å². The molecule has 1 aromatic rings. The van der Waals surface area contributed by atoms with Gasteiger partial charge in [0.2, 0.25) is 0 Å². The average molecular weight is 353 g/mol. The van der Waals surface area contributed by atoms with E-state index in [-0.39, 0.29) is 23.9 Å². The van der Waals surface area contributed by atoms with Crippen molar-refractivity contribution >= 4 is 5.96 Å². The monoisotopic (exact) mass is 353 g/mol. The van der Waals surface area contributed by atoms with E-state index < -0.39 is 0 Å². The van der Waals surface area contributed by atoms with Crippen LogP contribution in [0.1, 0.15) is 20.3 Å². The van der Waals surface area contributed by atoms with Crippen molar-refractivity contribution < 1.29 is 19.0 Å². The molecule has 1 fully saturated rings. The summed E-state index contributed by atoms with van der Waals surface area (Å²) < 4.78 is 24.3. The number of ether oxygens (including phenoxy) is 2. The standard InChI is InChI=1S/C18H28FN3O3/c1-3-15(25-16-7-5-6-14(19)8-16)9-21-17(20-4-2)22-10-18(11-23)12-24-13-18/h5-8,15,23H,3-4,9-13H2,1-2H3,(H2,20,21,22). The van der Waals surface area contributed by atoms with Crippen LogP contribution in [0.5, 0.6) is 5.75 Å². The SMILES string of the molecule is CCNC(=NCC1(CO)COC1)NCC(CC)Oc1cccc(F)c1. The average Bonchev–Trinajstić information content (AvgIpc) is 2.57. The highest BCUT2D eigenvalue weighted by molar-refractivity contribution is 5.79. The fourth-order valence-corrected chi connectivity index (χ4v) is 2.42. The number of rotatable bonds is 9. The third-order valence-electron chi connectivity index (χ3n) is 4.12. The molecule has 2 rings (SSSR count). The smallest absolute Gasteiger partial charge is 0.191 e. The summed E-state index contributed by atoms with van der Waals surface area (Å²) in [5.41, 5.74) is -0.259. The van der Waals surface area contributed by atoms with Gasteiger partial charge in [-0.2, -0.15) is 0 Å². The van der Waals surface area contributed by atoms with E-state index in [1.165, 1.54) is 12.1 Å². The Morgan fingerprint density at radius 2 is 2.20 bits per heavy atom. The van der Waals surface area contributed by atoms with Gasteiger partial charge in [-0.05, 0) is 25.5 Å². The van der Waals surface area contributed by atoms with Gasteiger partial charge in [0, 0.05) is 12.6 Å². The molecule has 0 aliphatic carbocycles. The van der Waals surface area contributed by atoms with Gasteiger partial charge in [-0.15, -0.1) is 0 Å². The molecule has 1 atom stereocenters. The lowest BCUT2D eigenvalue weighted by Crippen LogP contribution is -2.49. The van der Waals surface area contributed by atoms with Gasteiger partial charge < -0.3 is 25.2 Å². The Hall–Kier alpha value is -1.86. The molecule has 1 heterocycles. The number of nitrogens with zero attached hydrogens (tertiary/aromatic N) is 1. The zero-order valence-corrected chi connectivity index (χ0v) is 14.9. The predicted octanol–water partition coefficient (Wildman–Crippen LogP) is 1.55. The normalized spacial score (nSPS) is 17.5. The number of aliphatic hydroxyl groups excluding tert-OH is 1. The lowest BCUT2D eigenvalue weighted by atomic mass is 9.87. The summed E-state index contributed by atoms with van der Waals surface area (Å²) in [6.07, 6.45) is 0.668. The molecule has 7 heteroatoms. The molecule has 3 N–H and O–H groups in total. The molecule has 1 aromatic carbocycles. The summed E-state index contributed by atoms with van der Waals surface area (Å²) in [4.78, 5) is 4.54. The molecule has 0 amide bonds. The van der Waals surface area contributed by atoms with Crippen LogP contribution in [0.15, 0.2) is 29.3 Å². The summed E-state index contributed by atoms with van der Waals surface area (Å²) in [5, 5.41) is 15.9. The molecule has 6 nitrogen and oxygen atoms in total. The molecule has 1 saturated heterocycles. The van der Waals surface area contributed by atoms with Crippen molar-refractivity contribution in [1.29, 1.82) is 0 Å². The Labute approximate surface area is 148 Å². The highest BCUT2D eigenvalue weighted by Crippen LogP contribution is 2.26. The fraction of sp³-hybridized carbons (Fsp3) is 0.611. The maximum absolute atomic E-state index is 13.3. The molecule has 0 saturated carbocycles. The van der Waals surface area contributed by atoms with Crippen molar-refractivity contribution in [3.8, 4) is 5.75 Å². The van der Waals surface area contributed by atoms with Crippen LogP contribution in [0.3, 0.4) is 0 Å². The van der Waals surface area contributed by atoms with Gasteiger partial charge >= 0.3 is 0 Å². The Morgan fingerprint density at radius 3 is 2.76 bits per heavy atom. The quantitative estimate of drug-likeness (QED) is 0.464. The molecule has 0 aromatic heterocycles. The molecular formula is C18H28FN3O3. The molecule has 0 bridgehead atoms. The number of aliphatic imine (C=N–C) groups is 1. The summed E-state index contributed by atoms with van der Waals surface area (Å²) in [6, 6.07) is 6.14. The first-order valence-corrected chi connectivity index (χ1v) is 8.74. The number of hydrogen-bond donors (Lipinski definition) is 3. The fourth-order valence-electron chi connectivity index (χ4n) is 2.42. The lowest BCUT2D eigenvalue weighted by molar-refractivity contribution is -0.130. The van der Waals surface area contributed by atoms with Crippen LogP contribution < -0.4 is 15.4 Å². The Bertz CT molecular complexity index is 559. The minimum atomic E-state index is -0.313. The molecule has 140 valence electrons. The Kier molecular flexibility index (Phi) is 7.46. The van der Waals surface area contributed by atoms with Crippen LogP contribution in [0.4, 0.5) is 4.39 Å². The second-order valence-corrected chi connectivity index (χ2v) is 6.33. The van der Waals surface area contributed by atoms with Crippen LogP contribution in [-0.2, 0) is 4.74 Å². The summed E-state index contributed by atoms with van der Waals surface area (Å²) in [6.45, 7) is 6.92. The second kappa shape index (κ2) is 9.58.